The predicted octanol–water partition coefficient (Wildman–Crippen LogP) is 1.47. The van der Waals surface area contributed by atoms with Crippen molar-refractivity contribution in [3.63, 3.8) is 0 Å². The van der Waals surface area contributed by atoms with Crippen LogP contribution in [0.3, 0.4) is 0 Å². The number of nitrogens with zero attached hydrogens (tertiary/aromatic N) is 3. The Morgan fingerprint density at radius 2 is 1.79 bits per heavy atom. The van der Waals surface area contributed by atoms with Crippen LogP contribution in [0.25, 0.3) is 0 Å². The minimum absolute atomic E-state index is 0.222. The zero-order chi connectivity index (χ0) is 13.7. The molecule has 0 aromatic heterocycles. The number of aliphatic imine (C=N–C) groups is 1. The number of rotatable bonds is 4. The zero-order valence-corrected chi connectivity index (χ0v) is 13.2. The fraction of sp³-hybridized carbons (Fsp3) is 0.929. The molecule has 0 radical (unpaired) electrons. The average molecular weight is 284 g/mol. The number of hydrogen-bond acceptors (Lipinski definition) is 3. The first kappa shape index (κ1) is 15.0. The summed E-state index contributed by atoms with van der Waals surface area (Å²) in [6.07, 6.45) is 2.71. The summed E-state index contributed by atoms with van der Waals surface area (Å²) in [5.41, 5.74) is 6.34. The fourth-order valence-corrected chi connectivity index (χ4v) is 3.69. The standard InChI is InChI=1S/C14H28N4S/c1-14(2,12-17-5-3-4-6-17)11-16-13(15)18-7-9-19-10-8-18/h3-12H2,1-2H3,(H2,15,16). The normalized spacial score (nSPS) is 23.1. The quantitative estimate of drug-likeness (QED) is 0.627. The van der Waals surface area contributed by atoms with Gasteiger partial charge in [-0.15, -0.1) is 0 Å². The first-order valence-corrected chi connectivity index (χ1v) is 8.57. The number of likely N-dealkylation sites (tertiary alicyclic amines) is 1. The molecule has 2 rings (SSSR count). The average Bonchev–Trinajstić information content (AvgIpc) is 2.89. The summed E-state index contributed by atoms with van der Waals surface area (Å²) in [6, 6.07) is 0. The Labute approximate surface area is 121 Å². The minimum Gasteiger partial charge on any atom is -0.370 e. The Bertz CT molecular complexity index is 305. The second-order valence-corrected chi connectivity index (χ2v) is 7.65. The van der Waals surface area contributed by atoms with Crippen LogP contribution in [-0.4, -0.2) is 66.5 Å². The van der Waals surface area contributed by atoms with Gasteiger partial charge in [0.05, 0.1) is 0 Å². The summed E-state index contributed by atoms with van der Waals surface area (Å²) in [7, 11) is 0. The van der Waals surface area contributed by atoms with Crippen LogP contribution >= 0.6 is 11.8 Å². The molecule has 0 unspecified atom stereocenters. The molecule has 2 aliphatic heterocycles. The molecular formula is C14H28N4S. The molecule has 2 N–H and O–H groups in total. The molecule has 0 aromatic carbocycles. The highest BCUT2D eigenvalue weighted by Gasteiger charge is 2.24. The van der Waals surface area contributed by atoms with Crippen LogP contribution in [0.4, 0.5) is 0 Å². The van der Waals surface area contributed by atoms with E-state index in [1.54, 1.807) is 0 Å². The lowest BCUT2D eigenvalue weighted by atomic mass is 9.93. The van der Waals surface area contributed by atoms with Gasteiger partial charge in [-0.05, 0) is 31.3 Å². The highest BCUT2D eigenvalue weighted by Crippen LogP contribution is 2.21. The third kappa shape index (κ3) is 4.88. The predicted molar refractivity (Wildman–Crippen MR) is 84.8 cm³/mol. The summed E-state index contributed by atoms with van der Waals surface area (Å²) in [5.74, 6) is 3.09. The molecule has 2 aliphatic rings. The molecule has 0 spiro atoms. The van der Waals surface area contributed by atoms with Gasteiger partial charge in [0, 0.05) is 37.7 Å². The lowest BCUT2D eigenvalue weighted by Gasteiger charge is -2.30. The summed E-state index contributed by atoms with van der Waals surface area (Å²) in [4.78, 5) is 9.43. The molecule has 0 aromatic rings. The third-order valence-electron chi connectivity index (χ3n) is 3.85. The van der Waals surface area contributed by atoms with Gasteiger partial charge in [-0.1, -0.05) is 13.8 Å². The van der Waals surface area contributed by atoms with Gasteiger partial charge in [-0.3, -0.25) is 4.99 Å². The molecule has 0 amide bonds. The molecule has 110 valence electrons. The molecule has 2 fully saturated rings. The lowest BCUT2D eigenvalue weighted by Crippen LogP contribution is -2.43. The van der Waals surface area contributed by atoms with E-state index in [1.165, 1.54) is 37.4 Å². The van der Waals surface area contributed by atoms with Crippen LogP contribution in [-0.2, 0) is 0 Å². The number of hydrogen-bond donors (Lipinski definition) is 1. The van der Waals surface area contributed by atoms with E-state index >= 15 is 0 Å². The molecule has 0 aliphatic carbocycles. The Kier molecular flexibility index (Phi) is 5.39. The Morgan fingerprint density at radius 3 is 2.42 bits per heavy atom. The smallest absolute Gasteiger partial charge is 0.191 e. The maximum atomic E-state index is 6.12. The van der Waals surface area contributed by atoms with E-state index < -0.39 is 0 Å². The van der Waals surface area contributed by atoms with E-state index in [4.69, 9.17) is 5.73 Å². The topological polar surface area (TPSA) is 44.9 Å². The molecule has 5 heteroatoms. The zero-order valence-electron chi connectivity index (χ0n) is 12.4. The summed E-state index contributed by atoms with van der Waals surface area (Å²) in [6.45, 7) is 11.2. The van der Waals surface area contributed by atoms with Gasteiger partial charge in [0.1, 0.15) is 0 Å². The fourth-order valence-electron chi connectivity index (χ4n) is 2.78. The largest absolute Gasteiger partial charge is 0.370 e. The van der Waals surface area contributed by atoms with Crippen molar-refractivity contribution in [2.45, 2.75) is 26.7 Å². The summed E-state index contributed by atoms with van der Waals surface area (Å²) < 4.78 is 0. The van der Waals surface area contributed by atoms with Crippen molar-refractivity contribution in [2.75, 3.05) is 50.8 Å². The van der Waals surface area contributed by atoms with Crippen LogP contribution in [0.2, 0.25) is 0 Å². The number of nitrogens with two attached hydrogens (primary N) is 1. The molecular weight excluding hydrogens is 256 g/mol. The van der Waals surface area contributed by atoms with Gasteiger partial charge in [-0.2, -0.15) is 11.8 Å². The second kappa shape index (κ2) is 6.84. The molecule has 19 heavy (non-hydrogen) atoms. The first-order valence-electron chi connectivity index (χ1n) is 7.42. The third-order valence-corrected chi connectivity index (χ3v) is 4.80. The van der Waals surface area contributed by atoms with Crippen molar-refractivity contribution >= 4 is 17.7 Å². The van der Waals surface area contributed by atoms with Gasteiger partial charge < -0.3 is 15.5 Å². The van der Waals surface area contributed by atoms with Crippen molar-refractivity contribution in [3.05, 3.63) is 0 Å². The van der Waals surface area contributed by atoms with Crippen molar-refractivity contribution in [3.8, 4) is 0 Å². The lowest BCUT2D eigenvalue weighted by molar-refractivity contribution is 0.216. The van der Waals surface area contributed by atoms with Crippen LogP contribution in [0.15, 0.2) is 4.99 Å². The molecule has 2 heterocycles. The minimum atomic E-state index is 0.222. The van der Waals surface area contributed by atoms with Crippen LogP contribution in [0.5, 0.6) is 0 Å². The van der Waals surface area contributed by atoms with E-state index in [1.807, 2.05) is 11.8 Å². The Hall–Kier alpha value is -0.420. The van der Waals surface area contributed by atoms with E-state index in [2.05, 4.69) is 28.6 Å². The molecule has 4 nitrogen and oxygen atoms in total. The number of guanidine groups is 1. The van der Waals surface area contributed by atoms with Crippen molar-refractivity contribution in [2.24, 2.45) is 16.1 Å². The molecule has 0 saturated carbocycles. The maximum absolute atomic E-state index is 6.12. The first-order chi connectivity index (χ1) is 9.07. The van der Waals surface area contributed by atoms with Crippen molar-refractivity contribution < 1.29 is 0 Å². The number of thioether (sulfide) groups is 1. The van der Waals surface area contributed by atoms with Crippen molar-refractivity contribution in [1.82, 2.24) is 9.80 Å². The Morgan fingerprint density at radius 1 is 1.16 bits per heavy atom. The van der Waals surface area contributed by atoms with Crippen LogP contribution in [0.1, 0.15) is 26.7 Å². The summed E-state index contributed by atoms with van der Waals surface area (Å²) in [5, 5.41) is 0. The van der Waals surface area contributed by atoms with Gasteiger partial charge in [0.25, 0.3) is 0 Å². The monoisotopic (exact) mass is 284 g/mol. The van der Waals surface area contributed by atoms with Gasteiger partial charge in [0.2, 0.25) is 0 Å². The van der Waals surface area contributed by atoms with Gasteiger partial charge >= 0.3 is 0 Å². The van der Waals surface area contributed by atoms with E-state index in [9.17, 15) is 0 Å². The summed E-state index contributed by atoms with van der Waals surface area (Å²) >= 11 is 2.00. The molecule has 0 atom stereocenters. The van der Waals surface area contributed by atoms with Gasteiger partial charge in [-0.25, -0.2) is 0 Å². The van der Waals surface area contributed by atoms with E-state index in [0.717, 1.165) is 32.1 Å². The SMILES string of the molecule is CC(C)(CN=C(N)N1CCSCC1)CN1CCCC1. The molecule has 0 bridgehead atoms. The second-order valence-electron chi connectivity index (χ2n) is 6.42. The van der Waals surface area contributed by atoms with Crippen LogP contribution < -0.4 is 5.73 Å². The molecule has 2 saturated heterocycles. The highest BCUT2D eigenvalue weighted by molar-refractivity contribution is 7.99. The van der Waals surface area contributed by atoms with E-state index in [-0.39, 0.29) is 5.41 Å². The Balaban J connectivity index is 1.80. The highest BCUT2D eigenvalue weighted by atomic mass is 32.2. The van der Waals surface area contributed by atoms with Gasteiger partial charge in [0.15, 0.2) is 5.96 Å². The maximum Gasteiger partial charge on any atom is 0.191 e. The van der Waals surface area contributed by atoms with Crippen molar-refractivity contribution in [1.29, 1.82) is 0 Å². The van der Waals surface area contributed by atoms with E-state index in [0.29, 0.717) is 0 Å². The van der Waals surface area contributed by atoms with Crippen LogP contribution in [0, 0.1) is 5.41 Å².